The summed E-state index contributed by atoms with van der Waals surface area (Å²) in [4.78, 5) is 5.72. The number of rotatable bonds is 7. The van der Waals surface area contributed by atoms with E-state index < -0.39 is 10.8 Å². The molecule has 2 aromatic rings. The smallest absolute Gasteiger partial charge is 0.131 e. The van der Waals surface area contributed by atoms with Gasteiger partial charge in [0.1, 0.15) is 11.9 Å². The third-order valence-electron chi connectivity index (χ3n) is 3.23. The fraction of sp³-hybridized carbons (Fsp3) is 0.500. The maximum atomic E-state index is 11.2. The highest BCUT2D eigenvalue weighted by Gasteiger charge is 2.21. The predicted octanol–water partition coefficient (Wildman–Crippen LogP) is 2.32. The van der Waals surface area contributed by atoms with Gasteiger partial charge in [-0.05, 0) is 24.8 Å². The van der Waals surface area contributed by atoms with Crippen LogP contribution in [0.15, 0.2) is 29.9 Å². The van der Waals surface area contributed by atoms with Crippen LogP contribution in [0.3, 0.4) is 0 Å². The molecule has 0 saturated carbocycles. The summed E-state index contributed by atoms with van der Waals surface area (Å²) < 4.78 is 13.3. The summed E-state index contributed by atoms with van der Waals surface area (Å²) in [6.45, 7) is 2.14. The molecule has 0 amide bonds. The van der Waals surface area contributed by atoms with Crippen molar-refractivity contribution in [3.8, 4) is 0 Å². The van der Waals surface area contributed by atoms with Crippen LogP contribution in [0.2, 0.25) is 0 Å². The van der Waals surface area contributed by atoms with Crippen molar-refractivity contribution in [1.29, 1.82) is 0 Å². The van der Waals surface area contributed by atoms with Gasteiger partial charge >= 0.3 is 0 Å². The molecule has 1 N–H and O–H groups in total. The van der Waals surface area contributed by atoms with Gasteiger partial charge in [-0.15, -0.1) is 11.3 Å². The number of imidazole rings is 1. The van der Waals surface area contributed by atoms with Gasteiger partial charge in [-0.3, -0.25) is 4.21 Å². The summed E-state index contributed by atoms with van der Waals surface area (Å²) in [6, 6.07) is 4.57. The van der Waals surface area contributed by atoms with Crippen LogP contribution in [0.5, 0.6) is 0 Å². The van der Waals surface area contributed by atoms with Crippen LogP contribution in [0.25, 0.3) is 0 Å². The van der Waals surface area contributed by atoms with Gasteiger partial charge in [0.25, 0.3) is 0 Å². The third-order valence-corrected chi connectivity index (χ3v) is 4.98. The lowest BCUT2D eigenvalue weighted by molar-refractivity contribution is 0.471. The second-order valence-electron chi connectivity index (χ2n) is 4.98. The van der Waals surface area contributed by atoms with Crippen molar-refractivity contribution in [1.82, 2.24) is 14.9 Å². The fourth-order valence-electron chi connectivity index (χ4n) is 2.11. The van der Waals surface area contributed by atoms with Gasteiger partial charge in [0.2, 0.25) is 0 Å². The van der Waals surface area contributed by atoms with Crippen molar-refractivity contribution in [2.75, 3.05) is 12.0 Å². The highest BCUT2D eigenvalue weighted by atomic mass is 32.2. The van der Waals surface area contributed by atoms with E-state index in [0.29, 0.717) is 6.04 Å². The molecule has 0 aliphatic carbocycles. The molecule has 0 fully saturated rings. The number of aromatic nitrogens is 2. The molecule has 0 aliphatic heterocycles. The number of aryl methyl sites for hydroxylation is 1. The van der Waals surface area contributed by atoms with E-state index >= 15 is 0 Å². The number of nitrogens with one attached hydrogen (secondary N) is 1. The van der Waals surface area contributed by atoms with Gasteiger partial charge in [-0.25, -0.2) is 4.98 Å². The zero-order chi connectivity index (χ0) is 14.5. The van der Waals surface area contributed by atoms with Crippen LogP contribution < -0.4 is 5.32 Å². The van der Waals surface area contributed by atoms with Gasteiger partial charge in [0.05, 0.1) is 0 Å². The molecule has 3 atom stereocenters. The largest absolute Gasteiger partial charge is 0.336 e. The van der Waals surface area contributed by atoms with Crippen molar-refractivity contribution in [2.24, 2.45) is 7.05 Å². The molecule has 0 saturated heterocycles. The van der Waals surface area contributed by atoms with E-state index in [1.54, 1.807) is 17.6 Å². The molecule has 2 aromatic heterocycles. The van der Waals surface area contributed by atoms with Crippen molar-refractivity contribution in [3.05, 3.63) is 40.6 Å². The van der Waals surface area contributed by atoms with E-state index in [1.165, 1.54) is 4.88 Å². The number of nitrogens with zero attached hydrogens (tertiary/aromatic N) is 2. The number of hydrogen-bond donors (Lipinski definition) is 1. The Labute approximate surface area is 126 Å². The highest BCUT2D eigenvalue weighted by Crippen LogP contribution is 2.25. The van der Waals surface area contributed by atoms with Gasteiger partial charge in [-0.1, -0.05) is 6.07 Å². The number of hydrogen-bond acceptors (Lipinski definition) is 4. The second kappa shape index (κ2) is 7.15. The Morgan fingerprint density at radius 2 is 2.35 bits per heavy atom. The topological polar surface area (TPSA) is 46.9 Å². The summed E-state index contributed by atoms with van der Waals surface area (Å²) in [5.74, 6) is 1.74. The molecule has 4 nitrogen and oxygen atoms in total. The molecule has 6 heteroatoms. The average molecular weight is 311 g/mol. The summed E-state index contributed by atoms with van der Waals surface area (Å²) in [5, 5.41) is 5.69. The molecule has 0 spiro atoms. The maximum absolute atomic E-state index is 11.2. The quantitative estimate of drug-likeness (QED) is 0.853. The average Bonchev–Trinajstić information content (AvgIpc) is 3.05. The van der Waals surface area contributed by atoms with E-state index in [0.717, 1.165) is 18.0 Å². The van der Waals surface area contributed by atoms with E-state index in [4.69, 9.17) is 0 Å². The van der Waals surface area contributed by atoms with E-state index in [2.05, 4.69) is 34.7 Å². The van der Waals surface area contributed by atoms with E-state index in [1.807, 2.05) is 24.0 Å². The lowest BCUT2D eigenvalue weighted by Gasteiger charge is -2.22. The Bertz CT molecular complexity index is 551. The van der Waals surface area contributed by atoms with Crippen molar-refractivity contribution in [3.63, 3.8) is 0 Å². The van der Waals surface area contributed by atoms with E-state index in [9.17, 15) is 4.21 Å². The number of thiophene rings is 1. The van der Waals surface area contributed by atoms with Gasteiger partial charge in [0.15, 0.2) is 0 Å². The SMILES string of the molecule is CC(CCS(C)=O)NC(c1cccs1)c1nccn1C. The van der Waals surface area contributed by atoms with Crippen LogP contribution in [-0.2, 0) is 17.8 Å². The maximum Gasteiger partial charge on any atom is 0.131 e. The normalized spacial score (nSPS) is 15.9. The van der Waals surface area contributed by atoms with Gasteiger partial charge in [-0.2, -0.15) is 0 Å². The van der Waals surface area contributed by atoms with Crippen LogP contribution in [0.1, 0.15) is 30.1 Å². The molecule has 2 rings (SSSR count). The Balaban J connectivity index is 2.12. The lowest BCUT2D eigenvalue weighted by Crippen LogP contribution is -2.33. The van der Waals surface area contributed by atoms with Crippen LogP contribution in [0.4, 0.5) is 0 Å². The monoisotopic (exact) mass is 311 g/mol. The Hall–Kier alpha value is -0.980. The predicted molar refractivity (Wildman–Crippen MR) is 85.5 cm³/mol. The van der Waals surface area contributed by atoms with Crippen LogP contribution >= 0.6 is 11.3 Å². The summed E-state index contributed by atoms with van der Waals surface area (Å²) in [5.41, 5.74) is 0. The Morgan fingerprint density at radius 1 is 1.55 bits per heavy atom. The molecule has 20 heavy (non-hydrogen) atoms. The zero-order valence-corrected chi connectivity index (χ0v) is 13.7. The van der Waals surface area contributed by atoms with E-state index in [-0.39, 0.29) is 6.04 Å². The fourth-order valence-corrected chi connectivity index (χ4v) is 3.57. The molecular weight excluding hydrogens is 290 g/mol. The molecular formula is C14H21N3OS2. The Morgan fingerprint density at radius 3 is 2.90 bits per heavy atom. The highest BCUT2D eigenvalue weighted by molar-refractivity contribution is 7.84. The lowest BCUT2D eigenvalue weighted by atomic mass is 10.1. The molecule has 110 valence electrons. The first-order valence-electron chi connectivity index (χ1n) is 6.64. The first-order valence-corrected chi connectivity index (χ1v) is 9.25. The summed E-state index contributed by atoms with van der Waals surface area (Å²) >= 11 is 1.73. The first kappa shape index (κ1) is 15.4. The van der Waals surface area contributed by atoms with Gasteiger partial charge in [0, 0.05) is 53.2 Å². The summed E-state index contributed by atoms with van der Waals surface area (Å²) in [6.07, 6.45) is 6.43. The van der Waals surface area contributed by atoms with Crippen molar-refractivity contribution >= 4 is 22.1 Å². The molecule has 0 bridgehead atoms. The van der Waals surface area contributed by atoms with Gasteiger partial charge < -0.3 is 9.88 Å². The molecule has 0 aromatic carbocycles. The molecule has 0 radical (unpaired) electrons. The minimum absolute atomic E-state index is 0.0929. The summed E-state index contributed by atoms with van der Waals surface area (Å²) in [7, 11) is 1.27. The van der Waals surface area contributed by atoms with Crippen molar-refractivity contribution < 1.29 is 4.21 Å². The second-order valence-corrected chi connectivity index (χ2v) is 7.51. The van der Waals surface area contributed by atoms with Crippen molar-refractivity contribution in [2.45, 2.75) is 25.4 Å². The zero-order valence-electron chi connectivity index (χ0n) is 12.1. The standard InChI is InChI=1S/C14H21N3OS2/c1-11(6-10-20(3)18)16-13(12-5-4-9-19-12)14-15-7-8-17(14)2/h4-5,7-9,11,13,16H,6,10H2,1-3H3. The van der Waals surface area contributed by atoms with Crippen LogP contribution in [0, 0.1) is 0 Å². The minimum atomic E-state index is -0.737. The molecule has 2 heterocycles. The van der Waals surface area contributed by atoms with Crippen LogP contribution in [-0.4, -0.2) is 31.8 Å². The Kier molecular flexibility index (Phi) is 5.51. The third kappa shape index (κ3) is 4.01. The first-order chi connectivity index (χ1) is 9.58. The molecule has 0 aliphatic rings. The minimum Gasteiger partial charge on any atom is -0.336 e. The molecule has 3 unspecified atom stereocenters.